The lowest BCUT2D eigenvalue weighted by atomic mass is 10.2. The quantitative estimate of drug-likeness (QED) is 0.762. The highest BCUT2D eigenvalue weighted by Gasteiger charge is 2.29. The molecule has 0 radical (unpaired) electrons. The second kappa shape index (κ2) is 6.69. The van der Waals surface area contributed by atoms with Crippen LogP contribution in [0.4, 0.5) is 0 Å². The van der Waals surface area contributed by atoms with E-state index < -0.39 is 0 Å². The molecule has 2 heterocycles. The van der Waals surface area contributed by atoms with Gasteiger partial charge < -0.3 is 10.5 Å². The third kappa shape index (κ3) is 3.65. The van der Waals surface area contributed by atoms with Crippen molar-refractivity contribution >= 4 is 0 Å². The fraction of sp³-hybridized carbons (Fsp3) is 1.00. The number of ether oxygens (including phenoxy) is 1. The van der Waals surface area contributed by atoms with Crippen LogP contribution in [-0.4, -0.2) is 67.8 Å². The van der Waals surface area contributed by atoms with Crippen LogP contribution in [0.1, 0.15) is 26.2 Å². The van der Waals surface area contributed by atoms with Gasteiger partial charge in [0.15, 0.2) is 0 Å². The van der Waals surface area contributed by atoms with Crippen molar-refractivity contribution in [3.05, 3.63) is 0 Å². The van der Waals surface area contributed by atoms with Gasteiger partial charge in [0, 0.05) is 32.3 Å². The first kappa shape index (κ1) is 13.3. The SMILES string of the molecule is CCOC(CN)CN1CCCN2CCCC2C1. The largest absolute Gasteiger partial charge is 0.376 e. The van der Waals surface area contributed by atoms with Crippen molar-refractivity contribution in [2.24, 2.45) is 5.73 Å². The van der Waals surface area contributed by atoms with E-state index in [4.69, 9.17) is 10.5 Å². The first-order valence-corrected chi connectivity index (χ1v) is 7.11. The highest BCUT2D eigenvalue weighted by Crippen LogP contribution is 2.21. The van der Waals surface area contributed by atoms with Gasteiger partial charge in [-0.1, -0.05) is 0 Å². The summed E-state index contributed by atoms with van der Waals surface area (Å²) in [5.41, 5.74) is 5.76. The van der Waals surface area contributed by atoms with Crippen molar-refractivity contribution in [3.8, 4) is 0 Å². The summed E-state index contributed by atoms with van der Waals surface area (Å²) in [4.78, 5) is 5.22. The van der Waals surface area contributed by atoms with Crippen molar-refractivity contribution in [2.75, 3.05) is 45.9 Å². The second-order valence-electron chi connectivity index (χ2n) is 5.26. The standard InChI is InChI=1S/C13H27N3O/c1-2-17-13(9-14)11-15-6-4-8-16-7-3-5-12(16)10-15/h12-13H,2-11,14H2,1H3. The Balaban J connectivity index is 1.83. The van der Waals surface area contributed by atoms with E-state index in [0.717, 1.165) is 19.2 Å². The zero-order valence-electron chi connectivity index (χ0n) is 11.1. The summed E-state index contributed by atoms with van der Waals surface area (Å²) in [5, 5.41) is 0. The number of fused-ring (bicyclic) bond motifs is 1. The highest BCUT2D eigenvalue weighted by atomic mass is 16.5. The molecule has 17 heavy (non-hydrogen) atoms. The molecule has 0 aromatic rings. The van der Waals surface area contributed by atoms with Gasteiger partial charge in [-0.15, -0.1) is 0 Å². The minimum atomic E-state index is 0.216. The van der Waals surface area contributed by atoms with Crippen molar-refractivity contribution in [3.63, 3.8) is 0 Å². The van der Waals surface area contributed by atoms with Gasteiger partial charge in [0.2, 0.25) is 0 Å². The number of hydrogen-bond acceptors (Lipinski definition) is 4. The molecule has 4 nitrogen and oxygen atoms in total. The maximum atomic E-state index is 5.76. The van der Waals surface area contributed by atoms with E-state index in [1.807, 2.05) is 6.92 Å². The van der Waals surface area contributed by atoms with Crippen molar-refractivity contribution < 1.29 is 4.74 Å². The van der Waals surface area contributed by atoms with Gasteiger partial charge >= 0.3 is 0 Å². The molecule has 2 unspecified atom stereocenters. The molecule has 100 valence electrons. The topological polar surface area (TPSA) is 41.7 Å². The van der Waals surface area contributed by atoms with Crippen molar-refractivity contribution in [2.45, 2.75) is 38.3 Å². The van der Waals surface area contributed by atoms with Crippen LogP contribution in [0.25, 0.3) is 0 Å². The Hall–Kier alpha value is -0.160. The minimum absolute atomic E-state index is 0.216. The molecule has 0 amide bonds. The van der Waals surface area contributed by atoms with Gasteiger partial charge in [0.05, 0.1) is 6.10 Å². The Morgan fingerprint density at radius 1 is 1.29 bits per heavy atom. The van der Waals surface area contributed by atoms with E-state index in [0.29, 0.717) is 6.54 Å². The van der Waals surface area contributed by atoms with Crippen LogP contribution in [0.5, 0.6) is 0 Å². The summed E-state index contributed by atoms with van der Waals surface area (Å²) >= 11 is 0. The fourth-order valence-electron chi connectivity index (χ4n) is 3.17. The van der Waals surface area contributed by atoms with Gasteiger partial charge in [-0.25, -0.2) is 0 Å². The number of nitrogens with zero attached hydrogens (tertiary/aromatic N) is 2. The van der Waals surface area contributed by atoms with E-state index >= 15 is 0 Å². The maximum Gasteiger partial charge on any atom is 0.0823 e. The molecule has 2 atom stereocenters. The van der Waals surface area contributed by atoms with Gasteiger partial charge in [-0.2, -0.15) is 0 Å². The first-order chi connectivity index (χ1) is 8.33. The third-order valence-corrected chi connectivity index (χ3v) is 4.01. The summed E-state index contributed by atoms with van der Waals surface area (Å²) in [6, 6.07) is 0.789. The lowest BCUT2D eigenvalue weighted by molar-refractivity contribution is 0.0377. The normalized spacial score (nSPS) is 28.9. The molecule has 2 aliphatic rings. The van der Waals surface area contributed by atoms with Gasteiger partial charge in [0.25, 0.3) is 0 Å². The highest BCUT2D eigenvalue weighted by molar-refractivity contribution is 4.85. The molecule has 0 aliphatic carbocycles. The molecule has 4 heteroatoms. The Morgan fingerprint density at radius 2 is 2.12 bits per heavy atom. The molecule has 0 aromatic heterocycles. The molecule has 2 fully saturated rings. The summed E-state index contributed by atoms with van der Waals surface area (Å²) in [5.74, 6) is 0. The van der Waals surface area contributed by atoms with Crippen LogP contribution >= 0.6 is 0 Å². The van der Waals surface area contributed by atoms with Crippen LogP contribution in [-0.2, 0) is 4.74 Å². The Kier molecular flexibility index (Phi) is 5.22. The summed E-state index contributed by atoms with van der Waals surface area (Å²) in [6.45, 7) is 9.47. The molecule has 2 aliphatic heterocycles. The maximum absolute atomic E-state index is 5.76. The van der Waals surface area contributed by atoms with Crippen molar-refractivity contribution in [1.29, 1.82) is 0 Å². The average molecular weight is 241 g/mol. The third-order valence-electron chi connectivity index (χ3n) is 4.01. The zero-order chi connectivity index (χ0) is 12.1. The summed E-state index contributed by atoms with van der Waals surface area (Å²) in [7, 11) is 0. The van der Waals surface area contributed by atoms with E-state index in [9.17, 15) is 0 Å². The zero-order valence-corrected chi connectivity index (χ0v) is 11.1. The molecular weight excluding hydrogens is 214 g/mol. The van der Waals surface area contributed by atoms with Crippen molar-refractivity contribution in [1.82, 2.24) is 9.80 Å². The molecule has 2 rings (SSSR count). The average Bonchev–Trinajstić information content (AvgIpc) is 2.68. The van der Waals surface area contributed by atoms with Gasteiger partial charge in [0.1, 0.15) is 0 Å². The fourth-order valence-corrected chi connectivity index (χ4v) is 3.17. The monoisotopic (exact) mass is 241 g/mol. The van der Waals surface area contributed by atoms with Crippen LogP contribution in [0, 0.1) is 0 Å². The van der Waals surface area contributed by atoms with Crippen LogP contribution in [0.2, 0.25) is 0 Å². The molecule has 0 bridgehead atoms. The first-order valence-electron chi connectivity index (χ1n) is 7.11. The molecule has 0 spiro atoms. The van der Waals surface area contributed by atoms with Crippen LogP contribution < -0.4 is 5.73 Å². The Morgan fingerprint density at radius 3 is 2.88 bits per heavy atom. The minimum Gasteiger partial charge on any atom is -0.376 e. The molecule has 2 N–H and O–H groups in total. The molecule has 0 aromatic carbocycles. The molecule has 0 saturated carbocycles. The second-order valence-corrected chi connectivity index (χ2v) is 5.26. The van der Waals surface area contributed by atoms with Gasteiger partial charge in [-0.05, 0) is 45.8 Å². The molecular formula is C13H27N3O. The smallest absolute Gasteiger partial charge is 0.0823 e. The molecule has 2 saturated heterocycles. The lowest BCUT2D eigenvalue weighted by Gasteiger charge is -2.28. The van der Waals surface area contributed by atoms with E-state index in [2.05, 4.69) is 9.80 Å². The number of rotatable bonds is 5. The predicted molar refractivity (Wildman–Crippen MR) is 70.1 cm³/mol. The van der Waals surface area contributed by atoms with E-state index in [1.165, 1.54) is 45.4 Å². The summed E-state index contributed by atoms with van der Waals surface area (Å²) < 4.78 is 5.67. The number of nitrogens with two attached hydrogens (primary N) is 1. The van der Waals surface area contributed by atoms with E-state index in [1.54, 1.807) is 0 Å². The lowest BCUT2D eigenvalue weighted by Crippen LogP contribution is -2.42. The Labute approximate surface area is 105 Å². The predicted octanol–water partition coefficient (Wildman–Crippen LogP) is 0.520. The van der Waals surface area contributed by atoms with Crippen LogP contribution in [0.3, 0.4) is 0 Å². The van der Waals surface area contributed by atoms with Crippen LogP contribution in [0.15, 0.2) is 0 Å². The Bertz CT molecular complexity index is 225. The van der Waals surface area contributed by atoms with Gasteiger partial charge in [-0.3, -0.25) is 9.80 Å². The summed E-state index contributed by atoms with van der Waals surface area (Å²) in [6.07, 6.45) is 4.26. The number of hydrogen-bond donors (Lipinski definition) is 1. The van der Waals surface area contributed by atoms with E-state index in [-0.39, 0.29) is 6.10 Å².